The fourth-order valence-corrected chi connectivity index (χ4v) is 7.04. The van der Waals surface area contributed by atoms with Crippen LogP contribution in [0.25, 0.3) is 11.3 Å². The van der Waals surface area contributed by atoms with E-state index in [4.69, 9.17) is 16.3 Å². The first-order chi connectivity index (χ1) is 23.3. The molecule has 0 N–H and O–H groups in total. The van der Waals surface area contributed by atoms with Gasteiger partial charge >= 0.3 is 0 Å². The SMILES string of the molecule is Cc1c(C(=O)N(c2cc[c]cc2)c2cnn(C)c2)cc(-c2cc(Cl)ccc2C(=O)N2Cc3ccccc3C[C@H]2CN2CCOCC2)n1C. The number of benzene rings is 3. The number of amides is 2. The molecule has 7 rings (SSSR count). The van der Waals surface area contributed by atoms with Crippen molar-refractivity contribution in [1.29, 1.82) is 0 Å². The minimum Gasteiger partial charge on any atom is -0.379 e. The summed E-state index contributed by atoms with van der Waals surface area (Å²) in [5, 5.41) is 4.83. The minimum absolute atomic E-state index is 0.00234. The molecule has 2 aromatic heterocycles. The lowest BCUT2D eigenvalue weighted by Crippen LogP contribution is -2.52. The summed E-state index contributed by atoms with van der Waals surface area (Å²) in [6.45, 7) is 6.32. The molecule has 2 amide bonds. The van der Waals surface area contributed by atoms with Crippen LogP contribution in [0.3, 0.4) is 0 Å². The molecule has 245 valence electrons. The second kappa shape index (κ2) is 13.4. The second-order valence-corrected chi connectivity index (χ2v) is 13.0. The van der Waals surface area contributed by atoms with Crippen LogP contribution in [0.5, 0.6) is 0 Å². The number of aryl methyl sites for hydroxylation is 1. The van der Waals surface area contributed by atoms with Gasteiger partial charge in [0.25, 0.3) is 11.8 Å². The highest BCUT2D eigenvalue weighted by Gasteiger charge is 2.34. The number of fused-ring (bicyclic) bond motifs is 1. The molecule has 1 saturated heterocycles. The maximum Gasteiger partial charge on any atom is 0.264 e. The van der Waals surface area contributed by atoms with Gasteiger partial charge in [-0.15, -0.1) is 0 Å². The van der Waals surface area contributed by atoms with Gasteiger partial charge in [0.1, 0.15) is 0 Å². The van der Waals surface area contributed by atoms with Crippen LogP contribution in [-0.4, -0.2) is 74.9 Å². The smallest absolute Gasteiger partial charge is 0.264 e. The maximum absolute atomic E-state index is 14.7. The second-order valence-electron chi connectivity index (χ2n) is 12.5. The van der Waals surface area contributed by atoms with Crippen molar-refractivity contribution in [3.05, 3.63) is 124 Å². The van der Waals surface area contributed by atoms with E-state index in [9.17, 15) is 9.59 Å². The normalized spacial score (nSPS) is 16.5. The van der Waals surface area contributed by atoms with Crippen molar-refractivity contribution in [3.8, 4) is 11.3 Å². The molecular weight excluding hydrogens is 624 g/mol. The molecule has 0 bridgehead atoms. The summed E-state index contributed by atoms with van der Waals surface area (Å²) >= 11 is 6.62. The summed E-state index contributed by atoms with van der Waals surface area (Å²) in [6, 6.07) is 26.0. The number of carbonyl (C=O) groups excluding carboxylic acids is 2. The molecule has 1 fully saturated rings. The number of nitrogens with zero attached hydrogens (tertiary/aromatic N) is 6. The van der Waals surface area contributed by atoms with Gasteiger partial charge in [-0.05, 0) is 66.9 Å². The largest absolute Gasteiger partial charge is 0.379 e. The van der Waals surface area contributed by atoms with E-state index in [0.717, 1.165) is 43.0 Å². The summed E-state index contributed by atoms with van der Waals surface area (Å²) in [4.78, 5) is 35.2. The van der Waals surface area contributed by atoms with Gasteiger partial charge in [0, 0.05) is 85.7 Å². The minimum atomic E-state index is -0.207. The Hall–Kier alpha value is -4.70. The molecule has 48 heavy (non-hydrogen) atoms. The first-order valence-electron chi connectivity index (χ1n) is 16.2. The van der Waals surface area contributed by atoms with Crippen molar-refractivity contribution in [2.45, 2.75) is 25.9 Å². The fourth-order valence-electron chi connectivity index (χ4n) is 6.87. The van der Waals surface area contributed by atoms with Gasteiger partial charge in [-0.1, -0.05) is 48.0 Å². The quantitative estimate of drug-likeness (QED) is 0.212. The molecule has 0 unspecified atom stereocenters. The summed E-state index contributed by atoms with van der Waals surface area (Å²) in [7, 11) is 3.74. The van der Waals surface area contributed by atoms with Gasteiger partial charge < -0.3 is 14.2 Å². The van der Waals surface area contributed by atoms with E-state index < -0.39 is 0 Å². The van der Waals surface area contributed by atoms with Gasteiger partial charge in [-0.3, -0.25) is 24.1 Å². The molecule has 0 spiro atoms. The summed E-state index contributed by atoms with van der Waals surface area (Å²) in [5.74, 6) is -0.264. The zero-order chi connectivity index (χ0) is 33.4. The lowest BCUT2D eigenvalue weighted by atomic mass is 9.92. The number of aromatic nitrogens is 3. The van der Waals surface area contributed by atoms with Crippen LogP contribution in [-0.2, 0) is 31.8 Å². The van der Waals surface area contributed by atoms with E-state index in [1.165, 1.54) is 5.56 Å². The van der Waals surface area contributed by atoms with E-state index in [2.05, 4.69) is 34.3 Å². The molecule has 0 aliphatic carbocycles. The van der Waals surface area contributed by atoms with Crippen molar-refractivity contribution >= 4 is 34.8 Å². The molecule has 5 aromatic rings. The summed E-state index contributed by atoms with van der Waals surface area (Å²) in [5.41, 5.74) is 7.04. The number of morpholine rings is 1. The number of rotatable bonds is 7. The number of halogens is 1. The Balaban J connectivity index is 1.27. The van der Waals surface area contributed by atoms with E-state index in [1.54, 1.807) is 34.0 Å². The molecule has 9 nitrogen and oxygen atoms in total. The van der Waals surface area contributed by atoms with Crippen LogP contribution < -0.4 is 4.90 Å². The fraction of sp³-hybridized carbons (Fsp3) is 0.289. The average Bonchev–Trinajstić information content (AvgIpc) is 3.66. The molecule has 1 radical (unpaired) electrons. The monoisotopic (exact) mass is 661 g/mol. The van der Waals surface area contributed by atoms with Crippen LogP contribution in [0.15, 0.2) is 85.2 Å². The Labute approximate surface area is 285 Å². The third-order valence-electron chi connectivity index (χ3n) is 9.55. The van der Waals surface area contributed by atoms with Crippen molar-refractivity contribution in [2.24, 2.45) is 14.1 Å². The van der Waals surface area contributed by atoms with Gasteiger partial charge in [0.15, 0.2) is 0 Å². The van der Waals surface area contributed by atoms with Crippen molar-refractivity contribution < 1.29 is 14.3 Å². The van der Waals surface area contributed by atoms with Gasteiger partial charge in [-0.2, -0.15) is 5.10 Å². The summed E-state index contributed by atoms with van der Waals surface area (Å²) < 4.78 is 9.24. The Morgan fingerprint density at radius 2 is 1.73 bits per heavy atom. The van der Waals surface area contributed by atoms with Gasteiger partial charge in [0.2, 0.25) is 0 Å². The number of carbonyl (C=O) groups is 2. The topological polar surface area (TPSA) is 75.8 Å². The molecule has 10 heteroatoms. The third-order valence-corrected chi connectivity index (χ3v) is 9.79. The Kier molecular flexibility index (Phi) is 8.92. The van der Waals surface area contributed by atoms with E-state index in [1.807, 2.05) is 73.1 Å². The number of hydrogen-bond donors (Lipinski definition) is 0. The van der Waals surface area contributed by atoms with Gasteiger partial charge in [-0.25, -0.2) is 0 Å². The van der Waals surface area contributed by atoms with Crippen LogP contribution in [0.4, 0.5) is 11.4 Å². The lowest BCUT2D eigenvalue weighted by Gasteiger charge is -2.40. The standard InChI is InChI=1S/C38H38ClN6O3/c1-26-34(38(47)45(30-11-5-4-6-12-30)32-22-40-41(2)24-32)21-36(42(26)3)35-20-29(39)13-14-33(35)37(46)44-23-28-10-8-7-9-27(28)19-31(44)25-43-15-17-48-18-16-43/h5-14,20-22,24,31H,15-19,23,25H2,1-3H3/t31-/m0/s1. The first kappa shape index (κ1) is 31.9. The van der Waals surface area contributed by atoms with Crippen molar-refractivity contribution in [1.82, 2.24) is 24.1 Å². The van der Waals surface area contributed by atoms with Crippen LogP contribution >= 0.6 is 11.6 Å². The van der Waals surface area contributed by atoms with Crippen LogP contribution in [0.2, 0.25) is 5.02 Å². The van der Waals surface area contributed by atoms with Crippen molar-refractivity contribution in [3.63, 3.8) is 0 Å². The molecule has 1 atom stereocenters. The predicted molar refractivity (Wildman–Crippen MR) is 187 cm³/mol. The maximum atomic E-state index is 14.7. The average molecular weight is 662 g/mol. The highest BCUT2D eigenvalue weighted by molar-refractivity contribution is 6.31. The highest BCUT2D eigenvalue weighted by atomic mass is 35.5. The van der Waals surface area contributed by atoms with E-state index in [0.29, 0.717) is 52.8 Å². The Morgan fingerprint density at radius 3 is 2.46 bits per heavy atom. The molecule has 2 aliphatic rings. The molecule has 3 aromatic carbocycles. The van der Waals surface area contributed by atoms with Crippen molar-refractivity contribution in [2.75, 3.05) is 37.7 Å². The highest BCUT2D eigenvalue weighted by Crippen LogP contribution is 2.35. The number of anilines is 2. The Bertz CT molecular complexity index is 1960. The molecule has 0 saturated carbocycles. The van der Waals surface area contributed by atoms with Crippen LogP contribution in [0.1, 0.15) is 37.5 Å². The number of hydrogen-bond acceptors (Lipinski definition) is 5. The number of ether oxygens (including phenoxy) is 1. The predicted octanol–water partition coefficient (Wildman–Crippen LogP) is 6.07. The molecule has 2 aliphatic heterocycles. The third kappa shape index (κ3) is 6.17. The van der Waals surface area contributed by atoms with E-state index >= 15 is 0 Å². The molecule has 4 heterocycles. The van der Waals surface area contributed by atoms with E-state index in [-0.39, 0.29) is 17.9 Å². The van der Waals surface area contributed by atoms with Crippen LogP contribution in [0, 0.1) is 13.0 Å². The summed E-state index contributed by atoms with van der Waals surface area (Å²) in [6.07, 6.45) is 4.27. The zero-order valence-electron chi connectivity index (χ0n) is 27.4. The lowest BCUT2D eigenvalue weighted by molar-refractivity contribution is 0.0193. The van der Waals surface area contributed by atoms with Gasteiger partial charge in [0.05, 0.1) is 30.7 Å². The Morgan fingerprint density at radius 1 is 0.979 bits per heavy atom. The molecular formula is C38H38ClN6O3. The zero-order valence-corrected chi connectivity index (χ0v) is 28.2. The first-order valence-corrected chi connectivity index (χ1v) is 16.6.